The Morgan fingerprint density at radius 2 is 1.73 bits per heavy atom. The number of pyridine rings is 1. The molecule has 2 amide bonds. The van der Waals surface area contributed by atoms with E-state index >= 15 is 0 Å². The number of para-hydroxylation sites is 1. The Bertz CT molecular complexity index is 1570. The second-order valence-corrected chi connectivity index (χ2v) is 10.4. The summed E-state index contributed by atoms with van der Waals surface area (Å²) >= 11 is 0. The van der Waals surface area contributed by atoms with E-state index in [9.17, 15) is 9.90 Å². The van der Waals surface area contributed by atoms with Crippen LogP contribution >= 0.6 is 0 Å². The van der Waals surface area contributed by atoms with Crippen molar-refractivity contribution in [3.05, 3.63) is 72.3 Å². The Hall–Kier alpha value is -4.44. The minimum absolute atomic E-state index is 0.150. The van der Waals surface area contributed by atoms with Crippen molar-refractivity contribution < 1.29 is 19.4 Å². The van der Waals surface area contributed by atoms with Crippen LogP contribution in [0.2, 0.25) is 0 Å². The second-order valence-electron chi connectivity index (χ2n) is 10.4. The van der Waals surface area contributed by atoms with Gasteiger partial charge in [-0.05, 0) is 49.6 Å². The van der Waals surface area contributed by atoms with Gasteiger partial charge in [-0.1, -0.05) is 18.2 Å². The number of aliphatic hydroxyl groups is 1. The number of fused-ring (bicyclic) bond motifs is 2. The molecule has 40 heavy (non-hydrogen) atoms. The van der Waals surface area contributed by atoms with Crippen LogP contribution in [-0.2, 0) is 6.54 Å². The minimum Gasteiger partial charge on any atom is -0.493 e. The normalized spacial score (nSPS) is 16.7. The third-order valence-electron chi connectivity index (χ3n) is 7.79. The monoisotopic (exact) mass is 540 g/mol. The van der Waals surface area contributed by atoms with Gasteiger partial charge in [0.05, 0.1) is 43.3 Å². The van der Waals surface area contributed by atoms with E-state index in [0.717, 1.165) is 39.4 Å². The number of amides is 2. The maximum atomic E-state index is 13.8. The van der Waals surface area contributed by atoms with Crippen molar-refractivity contribution in [2.24, 2.45) is 0 Å². The molecule has 0 atom stereocenters. The van der Waals surface area contributed by atoms with Crippen LogP contribution in [0.1, 0.15) is 24.1 Å². The molecule has 1 saturated heterocycles. The lowest BCUT2D eigenvalue weighted by atomic mass is 9.90. The summed E-state index contributed by atoms with van der Waals surface area (Å²) in [7, 11) is 3.20. The van der Waals surface area contributed by atoms with Gasteiger partial charge in [0.25, 0.3) is 0 Å². The van der Waals surface area contributed by atoms with Gasteiger partial charge < -0.3 is 24.4 Å². The number of nitrogens with zero attached hydrogens (tertiary/aromatic N) is 6. The Morgan fingerprint density at radius 1 is 0.975 bits per heavy atom. The average molecular weight is 541 g/mol. The molecule has 4 heterocycles. The number of urea groups is 1. The third-order valence-corrected chi connectivity index (χ3v) is 7.79. The van der Waals surface area contributed by atoms with Crippen LogP contribution in [0.4, 0.5) is 22.0 Å². The van der Waals surface area contributed by atoms with E-state index in [-0.39, 0.29) is 12.6 Å². The van der Waals surface area contributed by atoms with Gasteiger partial charge in [-0.3, -0.25) is 9.88 Å². The van der Waals surface area contributed by atoms with Gasteiger partial charge in [0, 0.05) is 43.0 Å². The van der Waals surface area contributed by atoms with E-state index in [1.54, 1.807) is 36.5 Å². The summed E-state index contributed by atoms with van der Waals surface area (Å²) in [4.78, 5) is 32.7. The van der Waals surface area contributed by atoms with Gasteiger partial charge in [0.15, 0.2) is 11.5 Å². The van der Waals surface area contributed by atoms with Crippen LogP contribution in [0.3, 0.4) is 0 Å². The number of piperidine rings is 1. The number of anilines is 3. The third kappa shape index (κ3) is 4.64. The summed E-state index contributed by atoms with van der Waals surface area (Å²) in [5, 5.41) is 12.6. The van der Waals surface area contributed by atoms with E-state index in [1.165, 1.54) is 0 Å². The van der Waals surface area contributed by atoms with Crippen molar-refractivity contribution in [2.75, 3.05) is 43.7 Å². The maximum Gasteiger partial charge on any atom is 0.329 e. The molecule has 0 aliphatic carbocycles. The number of aryl methyl sites for hydroxylation is 1. The Kier molecular flexibility index (Phi) is 6.63. The number of aromatic nitrogens is 3. The molecule has 6 rings (SSSR count). The first-order chi connectivity index (χ1) is 19.4. The standard InChI is InChI=1S/C30H32N6O4/c1-20-14-22(8-11-31-20)36-25-7-5-4-6-21(25)17-35(29(36)37)18-30(38)9-12-34(13-10-30)28-23-15-26(39-2)27(40-3)16-24(23)32-19-33-28/h4-8,11,14-16,19,38H,9-10,12-13,17-18H2,1-3H3. The number of carbonyl (C=O) groups excluding carboxylic acids is 1. The molecule has 1 fully saturated rings. The van der Waals surface area contributed by atoms with Gasteiger partial charge in [0.1, 0.15) is 12.1 Å². The van der Waals surface area contributed by atoms with E-state index < -0.39 is 5.60 Å². The number of hydrogen-bond donors (Lipinski definition) is 1. The number of methoxy groups -OCH3 is 2. The maximum absolute atomic E-state index is 13.8. The second kappa shape index (κ2) is 10.3. The topological polar surface area (TPSA) is 104 Å². The lowest BCUT2D eigenvalue weighted by Crippen LogP contribution is -2.55. The van der Waals surface area contributed by atoms with Crippen molar-refractivity contribution >= 4 is 34.1 Å². The SMILES string of the molecule is COc1cc2ncnc(N3CCC(O)(CN4Cc5ccccc5N(c5ccnc(C)c5)C4=O)CC3)c2cc1OC. The summed E-state index contributed by atoms with van der Waals surface area (Å²) < 4.78 is 10.9. The summed E-state index contributed by atoms with van der Waals surface area (Å²) in [5.74, 6) is 2.00. The molecule has 0 bridgehead atoms. The zero-order valence-corrected chi connectivity index (χ0v) is 22.9. The molecule has 4 aromatic rings. The predicted molar refractivity (Wildman–Crippen MR) is 152 cm³/mol. The van der Waals surface area contributed by atoms with Crippen LogP contribution in [0.15, 0.2) is 61.1 Å². The summed E-state index contributed by atoms with van der Waals surface area (Å²) in [5.41, 5.74) is 3.22. The molecular formula is C30H32N6O4. The summed E-state index contributed by atoms with van der Waals surface area (Å²) in [6, 6.07) is 15.2. The zero-order chi connectivity index (χ0) is 27.9. The van der Waals surface area contributed by atoms with Gasteiger partial charge in [-0.2, -0.15) is 0 Å². The molecule has 1 N–H and O–H groups in total. The highest BCUT2D eigenvalue weighted by Crippen LogP contribution is 2.38. The molecule has 0 unspecified atom stereocenters. The minimum atomic E-state index is -1.03. The van der Waals surface area contributed by atoms with Crippen LogP contribution in [-0.4, -0.2) is 70.4 Å². The molecule has 2 aromatic carbocycles. The van der Waals surface area contributed by atoms with Crippen LogP contribution in [0.5, 0.6) is 11.5 Å². The average Bonchev–Trinajstić information content (AvgIpc) is 2.97. The molecule has 10 nitrogen and oxygen atoms in total. The fourth-order valence-corrected chi connectivity index (χ4v) is 5.69. The van der Waals surface area contributed by atoms with E-state index in [0.29, 0.717) is 44.0 Å². The van der Waals surface area contributed by atoms with Crippen molar-refractivity contribution in [3.8, 4) is 11.5 Å². The van der Waals surface area contributed by atoms with Gasteiger partial charge in [-0.25, -0.2) is 14.8 Å². The van der Waals surface area contributed by atoms with Crippen molar-refractivity contribution in [1.29, 1.82) is 0 Å². The molecular weight excluding hydrogens is 508 g/mol. The number of ether oxygens (including phenoxy) is 2. The Morgan fingerprint density at radius 3 is 2.48 bits per heavy atom. The predicted octanol–water partition coefficient (Wildman–Crippen LogP) is 4.46. The highest BCUT2D eigenvalue weighted by Gasteiger charge is 2.40. The number of β-amino-alcohol motifs (C(OH)–C–C–N with tert-alkyl or cyclic N) is 1. The smallest absolute Gasteiger partial charge is 0.329 e. The number of carbonyl (C=O) groups is 1. The van der Waals surface area contributed by atoms with Crippen molar-refractivity contribution in [1.82, 2.24) is 19.9 Å². The Labute approximate surface area is 232 Å². The molecule has 2 aliphatic heterocycles. The first-order valence-corrected chi connectivity index (χ1v) is 13.3. The molecule has 2 aliphatic rings. The highest BCUT2D eigenvalue weighted by atomic mass is 16.5. The van der Waals surface area contributed by atoms with Gasteiger partial charge in [0.2, 0.25) is 0 Å². The van der Waals surface area contributed by atoms with Gasteiger partial charge in [-0.15, -0.1) is 0 Å². The lowest BCUT2D eigenvalue weighted by Gasteiger charge is -2.44. The molecule has 0 saturated carbocycles. The quantitative estimate of drug-likeness (QED) is 0.383. The van der Waals surface area contributed by atoms with E-state index in [2.05, 4.69) is 19.9 Å². The fraction of sp³-hybridized carbons (Fsp3) is 0.333. The molecule has 2 aromatic heterocycles. The first-order valence-electron chi connectivity index (χ1n) is 13.3. The number of benzene rings is 2. The van der Waals surface area contributed by atoms with Crippen LogP contribution < -0.4 is 19.3 Å². The summed E-state index contributed by atoms with van der Waals surface area (Å²) in [6.07, 6.45) is 4.24. The van der Waals surface area contributed by atoms with Gasteiger partial charge >= 0.3 is 6.03 Å². The summed E-state index contributed by atoms with van der Waals surface area (Å²) in [6.45, 7) is 3.76. The molecule has 0 spiro atoms. The highest BCUT2D eigenvalue weighted by molar-refractivity contribution is 6.01. The molecule has 0 radical (unpaired) electrons. The van der Waals surface area contributed by atoms with Crippen molar-refractivity contribution in [3.63, 3.8) is 0 Å². The molecule has 10 heteroatoms. The first kappa shape index (κ1) is 25.8. The number of rotatable bonds is 6. The Balaban J connectivity index is 1.23. The van der Waals surface area contributed by atoms with Crippen LogP contribution in [0, 0.1) is 6.92 Å². The lowest BCUT2D eigenvalue weighted by molar-refractivity contribution is -0.00855. The van der Waals surface area contributed by atoms with Crippen LogP contribution in [0.25, 0.3) is 10.9 Å². The molecule has 206 valence electrons. The van der Waals surface area contributed by atoms with E-state index in [1.807, 2.05) is 55.5 Å². The fourth-order valence-electron chi connectivity index (χ4n) is 5.69. The number of hydrogen-bond acceptors (Lipinski definition) is 8. The largest absolute Gasteiger partial charge is 0.493 e. The van der Waals surface area contributed by atoms with Crippen molar-refractivity contribution in [2.45, 2.75) is 31.9 Å². The van der Waals surface area contributed by atoms with E-state index in [4.69, 9.17) is 9.47 Å². The zero-order valence-electron chi connectivity index (χ0n) is 22.9.